The summed E-state index contributed by atoms with van der Waals surface area (Å²) in [7, 11) is 3.43. The molecule has 2 aromatic rings. The van der Waals surface area contributed by atoms with Gasteiger partial charge in [0, 0.05) is 37.7 Å². The van der Waals surface area contributed by atoms with Gasteiger partial charge in [-0.15, -0.1) is 0 Å². The van der Waals surface area contributed by atoms with Gasteiger partial charge in [0.1, 0.15) is 11.5 Å². The molecule has 4 rings (SSSR count). The van der Waals surface area contributed by atoms with Crippen LogP contribution in [0.25, 0.3) is 0 Å². The van der Waals surface area contributed by atoms with Crippen LogP contribution in [0.2, 0.25) is 0 Å². The molecule has 1 heterocycles. The highest BCUT2D eigenvalue weighted by atomic mass is 16.5. The van der Waals surface area contributed by atoms with Crippen LogP contribution in [0.1, 0.15) is 54.7 Å². The van der Waals surface area contributed by atoms with E-state index in [1.54, 1.807) is 14.2 Å². The number of fused-ring (bicyclic) bond motifs is 1. The van der Waals surface area contributed by atoms with Crippen LogP contribution in [0, 0.1) is 0 Å². The highest BCUT2D eigenvalue weighted by Crippen LogP contribution is 2.35. The lowest BCUT2D eigenvalue weighted by Crippen LogP contribution is -2.44. The van der Waals surface area contributed by atoms with E-state index in [9.17, 15) is 4.79 Å². The van der Waals surface area contributed by atoms with Gasteiger partial charge in [0.05, 0.1) is 14.2 Å². The lowest BCUT2D eigenvalue weighted by atomic mass is 9.81. The molecular weight excluding hydrogens is 388 g/mol. The van der Waals surface area contributed by atoms with Crippen molar-refractivity contribution in [2.24, 2.45) is 0 Å². The van der Waals surface area contributed by atoms with Crippen LogP contribution in [0.15, 0.2) is 42.5 Å². The zero-order valence-electron chi connectivity index (χ0n) is 18.7. The molecule has 1 N–H and O–H groups in total. The van der Waals surface area contributed by atoms with Crippen molar-refractivity contribution >= 4 is 5.91 Å². The summed E-state index contributed by atoms with van der Waals surface area (Å²) in [5.41, 5.74) is 3.89. The number of piperidine rings is 1. The number of nitrogens with zero attached hydrogens (tertiary/aromatic N) is 1. The molecule has 1 aliphatic heterocycles. The summed E-state index contributed by atoms with van der Waals surface area (Å²) in [6.07, 6.45) is 5.89. The third kappa shape index (κ3) is 5.40. The van der Waals surface area contributed by atoms with E-state index in [1.807, 2.05) is 18.2 Å². The number of hydrogen-bond acceptors (Lipinski definition) is 4. The number of para-hydroxylation sites is 1. The third-order valence-corrected chi connectivity index (χ3v) is 6.76. The van der Waals surface area contributed by atoms with E-state index in [1.165, 1.54) is 16.7 Å². The first kappa shape index (κ1) is 21.7. The van der Waals surface area contributed by atoms with Crippen molar-refractivity contribution in [3.8, 4) is 11.5 Å². The van der Waals surface area contributed by atoms with Gasteiger partial charge >= 0.3 is 0 Å². The van der Waals surface area contributed by atoms with E-state index in [0.717, 1.165) is 63.2 Å². The Kier molecular flexibility index (Phi) is 7.13. The van der Waals surface area contributed by atoms with Crippen LogP contribution in [0.5, 0.6) is 11.5 Å². The average Bonchev–Trinajstić information content (AvgIpc) is 2.80. The highest BCUT2D eigenvalue weighted by Gasteiger charge is 2.26. The smallest absolute Gasteiger partial charge is 0.220 e. The number of nitrogens with one attached hydrogen (secondary N) is 1. The average molecular weight is 423 g/mol. The number of carbonyl (C=O) groups excluding carboxylic acids is 1. The standard InChI is InChI=1S/C26H34N2O3/c1-30-23-10-11-24-19(16-23)7-5-8-20(24)17-26(29)27-22-12-14-28(15-13-22)18-21-6-3-4-9-25(21)31-2/h3-4,6,9-11,16,20,22H,5,7-8,12-15,17-18H2,1-2H3,(H,27,29). The molecule has 2 aromatic carbocycles. The second kappa shape index (κ2) is 10.2. The Hall–Kier alpha value is -2.53. The van der Waals surface area contributed by atoms with Crippen molar-refractivity contribution in [1.82, 2.24) is 10.2 Å². The summed E-state index contributed by atoms with van der Waals surface area (Å²) in [5.74, 6) is 2.36. The normalized spacial score (nSPS) is 19.5. The molecule has 2 aliphatic rings. The molecule has 0 bridgehead atoms. The van der Waals surface area contributed by atoms with Crippen molar-refractivity contribution < 1.29 is 14.3 Å². The van der Waals surface area contributed by atoms with E-state index in [2.05, 4.69) is 34.5 Å². The maximum absolute atomic E-state index is 12.8. The predicted octanol–water partition coefficient (Wildman–Crippen LogP) is 4.29. The molecule has 1 amide bonds. The van der Waals surface area contributed by atoms with Gasteiger partial charge in [-0.1, -0.05) is 24.3 Å². The molecule has 1 saturated heterocycles. The Labute approximate surface area is 185 Å². The van der Waals surface area contributed by atoms with E-state index < -0.39 is 0 Å². The Morgan fingerprint density at radius 1 is 1.06 bits per heavy atom. The van der Waals surface area contributed by atoms with E-state index in [0.29, 0.717) is 12.3 Å². The minimum Gasteiger partial charge on any atom is -0.497 e. The number of aryl methyl sites for hydroxylation is 1. The van der Waals surface area contributed by atoms with Crippen molar-refractivity contribution in [2.75, 3.05) is 27.3 Å². The van der Waals surface area contributed by atoms with Crippen molar-refractivity contribution in [3.05, 3.63) is 59.2 Å². The van der Waals surface area contributed by atoms with Gasteiger partial charge in [-0.05, 0) is 67.3 Å². The second-order valence-corrected chi connectivity index (χ2v) is 8.79. The molecule has 1 atom stereocenters. The number of benzene rings is 2. The zero-order chi connectivity index (χ0) is 21.6. The lowest BCUT2D eigenvalue weighted by Gasteiger charge is -2.33. The summed E-state index contributed by atoms with van der Waals surface area (Å²) in [6, 6.07) is 14.8. The first-order valence-corrected chi connectivity index (χ1v) is 11.5. The quantitative estimate of drug-likeness (QED) is 0.723. The summed E-state index contributed by atoms with van der Waals surface area (Å²) in [6.45, 7) is 2.89. The molecule has 1 aliphatic carbocycles. The fourth-order valence-electron chi connectivity index (χ4n) is 5.05. The fraction of sp³-hybridized carbons (Fsp3) is 0.500. The molecule has 0 aromatic heterocycles. The van der Waals surface area contributed by atoms with Gasteiger partial charge in [-0.2, -0.15) is 0 Å². The number of carbonyl (C=O) groups is 1. The molecule has 0 radical (unpaired) electrons. The Morgan fingerprint density at radius 2 is 1.87 bits per heavy atom. The highest BCUT2D eigenvalue weighted by molar-refractivity contribution is 5.77. The van der Waals surface area contributed by atoms with Crippen LogP contribution in [0.3, 0.4) is 0 Å². The third-order valence-electron chi connectivity index (χ3n) is 6.76. The number of likely N-dealkylation sites (tertiary alicyclic amines) is 1. The van der Waals surface area contributed by atoms with Gasteiger partial charge in [0.25, 0.3) is 0 Å². The SMILES string of the molecule is COc1ccc2c(c1)CCCC2CC(=O)NC1CCN(Cc2ccccc2OC)CC1. The summed E-state index contributed by atoms with van der Waals surface area (Å²) in [4.78, 5) is 15.3. The lowest BCUT2D eigenvalue weighted by molar-refractivity contribution is -0.122. The molecule has 5 heteroatoms. The van der Waals surface area contributed by atoms with Gasteiger partial charge in [0.15, 0.2) is 0 Å². The van der Waals surface area contributed by atoms with Crippen LogP contribution >= 0.6 is 0 Å². The van der Waals surface area contributed by atoms with Gasteiger partial charge in [-0.3, -0.25) is 9.69 Å². The Balaban J connectivity index is 1.26. The van der Waals surface area contributed by atoms with E-state index in [-0.39, 0.29) is 11.9 Å². The van der Waals surface area contributed by atoms with Crippen LogP contribution < -0.4 is 14.8 Å². The number of ether oxygens (including phenoxy) is 2. The van der Waals surface area contributed by atoms with Crippen molar-refractivity contribution in [1.29, 1.82) is 0 Å². The first-order valence-electron chi connectivity index (χ1n) is 11.5. The summed E-state index contributed by atoms with van der Waals surface area (Å²) in [5, 5.41) is 3.31. The van der Waals surface area contributed by atoms with Crippen molar-refractivity contribution in [3.63, 3.8) is 0 Å². The van der Waals surface area contributed by atoms with E-state index in [4.69, 9.17) is 9.47 Å². The number of hydrogen-bond donors (Lipinski definition) is 1. The van der Waals surface area contributed by atoms with Gasteiger partial charge in [-0.25, -0.2) is 0 Å². The zero-order valence-corrected chi connectivity index (χ0v) is 18.7. The van der Waals surface area contributed by atoms with Crippen LogP contribution in [-0.2, 0) is 17.8 Å². The number of rotatable bonds is 7. The Bertz CT molecular complexity index is 890. The topological polar surface area (TPSA) is 50.8 Å². The molecule has 0 spiro atoms. The Morgan fingerprint density at radius 3 is 2.65 bits per heavy atom. The molecular formula is C26H34N2O3. The molecule has 1 unspecified atom stereocenters. The molecule has 31 heavy (non-hydrogen) atoms. The maximum Gasteiger partial charge on any atom is 0.220 e. The van der Waals surface area contributed by atoms with Gasteiger partial charge < -0.3 is 14.8 Å². The first-order chi connectivity index (χ1) is 15.2. The van der Waals surface area contributed by atoms with Crippen molar-refractivity contribution in [2.45, 2.75) is 57.0 Å². The molecule has 0 saturated carbocycles. The second-order valence-electron chi connectivity index (χ2n) is 8.79. The maximum atomic E-state index is 12.8. The molecule has 166 valence electrons. The number of methoxy groups -OCH3 is 2. The molecule has 1 fully saturated rings. The summed E-state index contributed by atoms with van der Waals surface area (Å²) < 4.78 is 10.8. The van der Waals surface area contributed by atoms with E-state index >= 15 is 0 Å². The summed E-state index contributed by atoms with van der Waals surface area (Å²) >= 11 is 0. The van der Waals surface area contributed by atoms with Crippen LogP contribution in [-0.4, -0.2) is 44.2 Å². The van der Waals surface area contributed by atoms with Crippen LogP contribution in [0.4, 0.5) is 0 Å². The monoisotopic (exact) mass is 422 g/mol. The minimum atomic E-state index is 0.192. The minimum absolute atomic E-state index is 0.192. The molecule has 5 nitrogen and oxygen atoms in total. The predicted molar refractivity (Wildman–Crippen MR) is 123 cm³/mol. The van der Waals surface area contributed by atoms with Gasteiger partial charge in [0.2, 0.25) is 5.91 Å². The largest absolute Gasteiger partial charge is 0.497 e. The number of amides is 1. The fourth-order valence-corrected chi connectivity index (χ4v) is 5.05.